The Labute approximate surface area is 73.4 Å². The molecule has 0 radical (unpaired) electrons. The van der Waals surface area contributed by atoms with Gasteiger partial charge in [-0.05, 0) is 19.8 Å². The predicted octanol–water partition coefficient (Wildman–Crippen LogP) is 1.90. The summed E-state index contributed by atoms with van der Waals surface area (Å²) in [5, 5.41) is 9.52. The van der Waals surface area contributed by atoms with Crippen molar-refractivity contribution in [2.24, 2.45) is 0 Å². The molecule has 1 fully saturated rings. The van der Waals surface area contributed by atoms with Crippen molar-refractivity contribution in [2.45, 2.75) is 31.8 Å². The molecule has 1 aliphatic rings. The number of rotatable bonds is 2. The third-order valence-corrected chi connectivity index (χ3v) is 2.15. The van der Waals surface area contributed by atoms with Crippen LogP contribution in [0.2, 0.25) is 0 Å². The Kier molecular flexibility index (Phi) is 1.66. The van der Waals surface area contributed by atoms with Crippen molar-refractivity contribution in [2.75, 3.05) is 0 Å². The van der Waals surface area contributed by atoms with Crippen LogP contribution in [0.4, 0.5) is 8.78 Å². The normalized spacial score (nSPS) is 19.5. The van der Waals surface area contributed by atoms with E-state index in [-0.39, 0.29) is 11.6 Å². The maximum Gasteiger partial charge on any atom is 0.297 e. The van der Waals surface area contributed by atoms with E-state index in [2.05, 4.69) is 4.98 Å². The summed E-state index contributed by atoms with van der Waals surface area (Å²) in [6.07, 6.45) is -1.59. The molecule has 1 heterocycles. The number of aryl methyl sites for hydroxylation is 1. The molecule has 0 atom stereocenters. The zero-order chi connectivity index (χ0) is 9.64. The first-order chi connectivity index (χ1) is 6.03. The fourth-order valence-electron chi connectivity index (χ4n) is 1.14. The van der Waals surface area contributed by atoms with E-state index in [1.807, 2.05) is 0 Å². The quantitative estimate of drug-likeness (QED) is 0.772. The average Bonchev–Trinajstić information content (AvgIpc) is 2.63. The van der Waals surface area contributed by atoms with Gasteiger partial charge in [0, 0.05) is 0 Å². The molecule has 13 heavy (non-hydrogen) atoms. The second-order valence-electron chi connectivity index (χ2n) is 3.30. The lowest BCUT2D eigenvalue weighted by Gasteiger charge is -1.99. The van der Waals surface area contributed by atoms with Crippen LogP contribution in [0, 0.1) is 6.92 Å². The Morgan fingerprint density at radius 1 is 1.54 bits per heavy atom. The summed E-state index contributed by atoms with van der Waals surface area (Å²) in [5.41, 5.74) is -0.914. The molecule has 5 heteroatoms. The van der Waals surface area contributed by atoms with Crippen LogP contribution in [0.1, 0.15) is 36.6 Å². The molecule has 0 spiro atoms. The van der Waals surface area contributed by atoms with Crippen LogP contribution in [-0.4, -0.2) is 10.1 Å². The number of alkyl halides is 2. The first-order valence-electron chi connectivity index (χ1n) is 4.01. The fraction of sp³-hybridized carbons (Fsp3) is 0.625. The van der Waals surface area contributed by atoms with Crippen molar-refractivity contribution < 1.29 is 18.3 Å². The summed E-state index contributed by atoms with van der Waals surface area (Å²) in [7, 11) is 0. The predicted molar refractivity (Wildman–Crippen MR) is 39.3 cm³/mol. The van der Waals surface area contributed by atoms with Gasteiger partial charge in [0.15, 0.2) is 5.76 Å². The summed E-state index contributed by atoms with van der Waals surface area (Å²) in [6.45, 7) is 1.44. The molecule has 0 bridgehead atoms. The van der Waals surface area contributed by atoms with Crippen molar-refractivity contribution in [3.05, 3.63) is 17.3 Å². The highest BCUT2D eigenvalue weighted by molar-refractivity contribution is 5.16. The van der Waals surface area contributed by atoms with Gasteiger partial charge in [-0.2, -0.15) is 0 Å². The van der Waals surface area contributed by atoms with E-state index in [4.69, 9.17) is 4.42 Å². The van der Waals surface area contributed by atoms with Gasteiger partial charge in [-0.3, -0.25) is 0 Å². The second-order valence-corrected chi connectivity index (χ2v) is 3.30. The van der Waals surface area contributed by atoms with Crippen LogP contribution in [-0.2, 0) is 5.60 Å². The lowest BCUT2D eigenvalue weighted by atomic mass is 10.3. The molecule has 0 saturated heterocycles. The zero-order valence-corrected chi connectivity index (χ0v) is 7.05. The highest BCUT2D eigenvalue weighted by Gasteiger charge is 2.47. The number of oxazole rings is 1. The van der Waals surface area contributed by atoms with Gasteiger partial charge in [0.05, 0.1) is 5.69 Å². The Bertz CT molecular complexity index is 331. The van der Waals surface area contributed by atoms with Crippen molar-refractivity contribution in [1.82, 2.24) is 4.98 Å². The maximum atomic E-state index is 12.2. The summed E-state index contributed by atoms with van der Waals surface area (Å²) in [4.78, 5) is 3.77. The molecule has 1 aromatic rings. The molecular formula is C8H9F2NO2. The van der Waals surface area contributed by atoms with Gasteiger partial charge in [0.2, 0.25) is 5.89 Å². The van der Waals surface area contributed by atoms with Crippen molar-refractivity contribution in [1.29, 1.82) is 0 Å². The van der Waals surface area contributed by atoms with Gasteiger partial charge in [-0.15, -0.1) is 0 Å². The smallest absolute Gasteiger partial charge is 0.297 e. The fourth-order valence-corrected chi connectivity index (χ4v) is 1.14. The monoisotopic (exact) mass is 189 g/mol. The van der Waals surface area contributed by atoms with Crippen LogP contribution in [0.5, 0.6) is 0 Å². The first kappa shape index (κ1) is 8.62. The number of nitrogens with zero attached hydrogens (tertiary/aromatic N) is 1. The van der Waals surface area contributed by atoms with Crippen LogP contribution < -0.4 is 0 Å². The number of hydrogen-bond donors (Lipinski definition) is 1. The molecule has 2 rings (SSSR count). The summed E-state index contributed by atoms with van der Waals surface area (Å²) in [5.74, 6) is -0.407. The molecule has 72 valence electrons. The van der Waals surface area contributed by atoms with Gasteiger partial charge in [0.25, 0.3) is 6.43 Å². The molecule has 1 aromatic heterocycles. The van der Waals surface area contributed by atoms with Gasteiger partial charge >= 0.3 is 0 Å². The van der Waals surface area contributed by atoms with E-state index in [1.165, 1.54) is 6.92 Å². The first-order valence-corrected chi connectivity index (χ1v) is 4.01. The lowest BCUT2D eigenvalue weighted by Crippen LogP contribution is -2.03. The zero-order valence-electron chi connectivity index (χ0n) is 7.05. The molecule has 0 aliphatic heterocycles. The molecular weight excluding hydrogens is 180 g/mol. The topological polar surface area (TPSA) is 46.3 Å². The number of halogens is 2. The second kappa shape index (κ2) is 2.51. The van der Waals surface area contributed by atoms with E-state index in [9.17, 15) is 13.9 Å². The number of aromatic nitrogens is 1. The summed E-state index contributed by atoms with van der Waals surface area (Å²) in [6, 6.07) is 0. The van der Waals surface area contributed by atoms with E-state index in [0.29, 0.717) is 12.8 Å². The van der Waals surface area contributed by atoms with Crippen LogP contribution >= 0.6 is 0 Å². The van der Waals surface area contributed by atoms with Gasteiger partial charge in [0.1, 0.15) is 5.60 Å². The van der Waals surface area contributed by atoms with Gasteiger partial charge in [-0.25, -0.2) is 13.8 Å². The highest BCUT2D eigenvalue weighted by Crippen LogP contribution is 2.45. The highest BCUT2D eigenvalue weighted by atomic mass is 19.3. The third-order valence-electron chi connectivity index (χ3n) is 2.15. The number of hydrogen-bond acceptors (Lipinski definition) is 3. The van der Waals surface area contributed by atoms with E-state index in [1.54, 1.807) is 0 Å². The van der Waals surface area contributed by atoms with E-state index >= 15 is 0 Å². The summed E-state index contributed by atoms with van der Waals surface area (Å²) < 4.78 is 29.3. The maximum absolute atomic E-state index is 12.2. The number of aliphatic hydroxyl groups is 1. The SMILES string of the molecule is Cc1nc(C2(O)CC2)oc1C(F)F. The van der Waals surface area contributed by atoms with Gasteiger partial charge in [-0.1, -0.05) is 0 Å². The third kappa shape index (κ3) is 1.33. The Morgan fingerprint density at radius 2 is 2.15 bits per heavy atom. The molecule has 1 saturated carbocycles. The molecule has 1 N–H and O–H groups in total. The lowest BCUT2D eigenvalue weighted by molar-refractivity contribution is 0.0901. The molecule has 0 amide bonds. The Morgan fingerprint density at radius 3 is 2.54 bits per heavy atom. The molecule has 1 aliphatic carbocycles. The van der Waals surface area contributed by atoms with Crippen molar-refractivity contribution >= 4 is 0 Å². The average molecular weight is 189 g/mol. The van der Waals surface area contributed by atoms with Crippen molar-refractivity contribution in [3.63, 3.8) is 0 Å². The summed E-state index contributed by atoms with van der Waals surface area (Å²) >= 11 is 0. The largest absolute Gasteiger partial charge is 0.436 e. The van der Waals surface area contributed by atoms with Crippen LogP contribution in [0.25, 0.3) is 0 Å². The van der Waals surface area contributed by atoms with Crippen molar-refractivity contribution in [3.8, 4) is 0 Å². The van der Waals surface area contributed by atoms with Crippen LogP contribution in [0.15, 0.2) is 4.42 Å². The van der Waals surface area contributed by atoms with E-state index in [0.717, 1.165) is 0 Å². The van der Waals surface area contributed by atoms with Gasteiger partial charge < -0.3 is 9.52 Å². The minimum Gasteiger partial charge on any atom is -0.436 e. The minimum atomic E-state index is -2.66. The molecule has 0 aromatic carbocycles. The van der Waals surface area contributed by atoms with Crippen LogP contribution in [0.3, 0.4) is 0 Å². The standard InChI is InChI=1S/C8H9F2NO2/c1-4-5(6(9)10)13-7(11-4)8(12)2-3-8/h6,12H,2-3H2,1H3. The Hall–Kier alpha value is -0.970. The van der Waals surface area contributed by atoms with E-state index < -0.39 is 17.8 Å². The minimum absolute atomic E-state index is 0.0281. The Balaban J connectivity index is 2.35. The molecule has 0 unspecified atom stereocenters. The molecule has 3 nitrogen and oxygen atoms in total.